The molecule has 2 aliphatic rings. The molecule has 162 valence electrons. The Morgan fingerprint density at radius 3 is 2.62 bits per heavy atom. The van der Waals surface area contributed by atoms with E-state index < -0.39 is 29.5 Å². The number of carbonyl (C=O) groups is 1. The van der Waals surface area contributed by atoms with Gasteiger partial charge in [0.2, 0.25) is 0 Å². The van der Waals surface area contributed by atoms with E-state index in [9.17, 15) is 22.4 Å². The van der Waals surface area contributed by atoms with Gasteiger partial charge in [-0.25, -0.2) is 13.6 Å². The summed E-state index contributed by atoms with van der Waals surface area (Å²) in [4.78, 5) is 13.1. The molecule has 1 N–H and O–H groups in total. The number of nitrogens with one attached hydrogen (secondary N) is 1. The highest BCUT2D eigenvalue weighted by Gasteiger charge is 2.46. The summed E-state index contributed by atoms with van der Waals surface area (Å²) in [6.45, 7) is 5.45. The summed E-state index contributed by atoms with van der Waals surface area (Å²) in [7, 11) is 0. The number of benzene rings is 1. The molecule has 1 aromatic rings. The van der Waals surface area contributed by atoms with Crippen molar-refractivity contribution in [1.82, 2.24) is 5.32 Å². The van der Waals surface area contributed by atoms with Gasteiger partial charge in [0.1, 0.15) is 5.82 Å². The minimum Gasteiger partial charge on any atom is -0.459 e. The summed E-state index contributed by atoms with van der Waals surface area (Å²) < 4.78 is 65.4. The van der Waals surface area contributed by atoms with Crippen molar-refractivity contribution >= 4 is 11.7 Å². The Bertz CT molecular complexity index is 772. The van der Waals surface area contributed by atoms with Crippen LogP contribution in [0.25, 0.3) is 0 Å². The van der Waals surface area contributed by atoms with Crippen molar-refractivity contribution in [1.29, 1.82) is 0 Å². The Morgan fingerprint density at radius 1 is 1.24 bits per heavy atom. The van der Waals surface area contributed by atoms with E-state index in [1.54, 1.807) is 0 Å². The number of anilines is 1. The average molecular weight is 418 g/mol. The molecule has 5 nitrogen and oxygen atoms in total. The summed E-state index contributed by atoms with van der Waals surface area (Å²) in [5.74, 6) is -5.06. The van der Waals surface area contributed by atoms with Crippen LogP contribution in [0.4, 0.5) is 23.2 Å². The molecule has 1 aromatic carbocycles. The molecule has 0 unspecified atom stereocenters. The van der Waals surface area contributed by atoms with E-state index in [0.717, 1.165) is 31.7 Å². The number of rotatable bonds is 5. The number of carbonyl (C=O) groups excluding carboxylic acids is 1. The van der Waals surface area contributed by atoms with Crippen LogP contribution in [-0.2, 0) is 9.53 Å². The molecule has 1 heterocycles. The Labute approximate surface area is 167 Å². The van der Waals surface area contributed by atoms with Gasteiger partial charge in [-0.2, -0.15) is 8.78 Å². The van der Waals surface area contributed by atoms with Gasteiger partial charge in [-0.1, -0.05) is 12.8 Å². The molecule has 1 aliphatic heterocycles. The third-order valence-electron chi connectivity index (χ3n) is 5.33. The zero-order valence-electron chi connectivity index (χ0n) is 16.7. The van der Waals surface area contributed by atoms with Gasteiger partial charge in [0.05, 0.1) is 12.3 Å². The number of piperazine rings is 1. The molecular weight excluding hydrogens is 392 g/mol. The third-order valence-corrected chi connectivity index (χ3v) is 5.33. The number of halogens is 4. The van der Waals surface area contributed by atoms with E-state index in [4.69, 9.17) is 0 Å². The van der Waals surface area contributed by atoms with Crippen LogP contribution in [0, 0.1) is 11.6 Å². The number of hydrogen-bond donors (Lipinski definition) is 1. The van der Waals surface area contributed by atoms with Crippen molar-refractivity contribution in [2.75, 3.05) is 18.1 Å². The van der Waals surface area contributed by atoms with Crippen molar-refractivity contribution in [3.63, 3.8) is 0 Å². The minimum atomic E-state index is -4.42. The molecular formula is C20H26F4N2O3. The zero-order chi connectivity index (χ0) is 21.4. The van der Waals surface area contributed by atoms with Crippen LogP contribution in [0.15, 0.2) is 12.1 Å². The van der Waals surface area contributed by atoms with Gasteiger partial charge in [0.25, 0.3) is 0 Å². The third kappa shape index (κ3) is 4.60. The maximum absolute atomic E-state index is 14.9. The van der Waals surface area contributed by atoms with Gasteiger partial charge < -0.3 is 19.7 Å². The zero-order valence-corrected chi connectivity index (χ0v) is 16.7. The SMILES string of the molecule is CCOC(=O)C(F)(F)Oc1cc(F)c(N2CC(C)(C)N[C@H]3CCCC[C@@H]32)cc1F. The van der Waals surface area contributed by atoms with Crippen LogP contribution in [0.5, 0.6) is 5.75 Å². The van der Waals surface area contributed by atoms with Crippen LogP contribution >= 0.6 is 0 Å². The fraction of sp³-hybridized carbons (Fsp3) is 0.650. The molecule has 1 saturated carbocycles. The molecule has 1 aliphatic carbocycles. The number of alkyl halides is 2. The van der Waals surface area contributed by atoms with Crippen LogP contribution in [0.1, 0.15) is 46.5 Å². The first-order chi connectivity index (χ1) is 13.5. The highest BCUT2D eigenvalue weighted by atomic mass is 19.3. The standard InChI is InChI=1S/C20H26F4N2O3/c1-4-28-18(27)20(23,24)29-17-10-12(21)16(9-13(17)22)26-11-19(2,3)25-14-7-5-6-8-15(14)26/h9-10,14-15,25H,4-8,11H2,1-3H3/t14-,15-/m0/s1. The van der Waals surface area contributed by atoms with Crippen molar-refractivity contribution in [3.05, 3.63) is 23.8 Å². The maximum Gasteiger partial charge on any atom is 0.502 e. The summed E-state index contributed by atoms with van der Waals surface area (Å²) in [6, 6.07) is 1.54. The molecule has 0 aromatic heterocycles. The lowest BCUT2D eigenvalue weighted by molar-refractivity contribution is -0.217. The van der Waals surface area contributed by atoms with Crippen LogP contribution in [0.2, 0.25) is 0 Å². The van der Waals surface area contributed by atoms with Gasteiger partial charge in [-0.15, -0.1) is 0 Å². The summed E-state index contributed by atoms with van der Waals surface area (Å²) >= 11 is 0. The maximum atomic E-state index is 14.9. The van der Waals surface area contributed by atoms with E-state index in [1.165, 1.54) is 6.92 Å². The van der Waals surface area contributed by atoms with Gasteiger partial charge in [-0.05, 0) is 33.6 Å². The first-order valence-corrected chi connectivity index (χ1v) is 9.81. The predicted octanol–water partition coefficient (Wildman–Crippen LogP) is 4.00. The highest BCUT2D eigenvalue weighted by Crippen LogP contribution is 2.37. The first kappa shape index (κ1) is 21.7. The molecule has 2 fully saturated rings. The molecule has 2 atom stereocenters. The smallest absolute Gasteiger partial charge is 0.459 e. The molecule has 29 heavy (non-hydrogen) atoms. The van der Waals surface area contributed by atoms with Gasteiger partial charge >= 0.3 is 12.1 Å². The van der Waals surface area contributed by atoms with Crippen LogP contribution < -0.4 is 15.0 Å². The Hall–Kier alpha value is -2.03. The van der Waals surface area contributed by atoms with Crippen LogP contribution in [0.3, 0.4) is 0 Å². The molecule has 0 amide bonds. The van der Waals surface area contributed by atoms with Gasteiger partial charge in [-0.3, -0.25) is 0 Å². The van der Waals surface area contributed by atoms with Crippen molar-refractivity contribution in [2.45, 2.75) is 70.2 Å². The van der Waals surface area contributed by atoms with Crippen molar-refractivity contribution in [2.24, 2.45) is 0 Å². The molecule has 0 radical (unpaired) electrons. The second-order valence-corrected chi connectivity index (χ2v) is 8.19. The number of nitrogens with zero attached hydrogens (tertiary/aromatic N) is 1. The lowest BCUT2D eigenvalue weighted by atomic mass is 9.83. The molecule has 9 heteroatoms. The Kier molecular flexibility index (Phi) is 5.98. The molecule has 0 bridgehead atoms. The normalized spacial score (nSPS) is 24.0. The minimum absolute atomic E-state index is 0.000719. The lowest BCUT2D eigenvalue weighted by Gasteiger charge is -2.52. The van der Waals surface area contributed by atoms with E-state index >= 15 is 0 Å². The fourth-order valence-corrected chi connectivity index (χ4v) is 4.22. The molecule has 3 rings (SSSR count). The summed E-state index contributed by atoms with van der Waals surface area (Å²) in [6.07, 6.45) is -0.618. The lowest BCUT2D eigenvalue weighted by Crippen LogP contribution is -2.67. The quantitative estimate of drug-likeness (QED) is 0.579. The second-order valence-electron chi connectivity index (χ2n) is 8.19. The number of ether oxygens (including phenoxy) is 2. The van der Waals surface area contributed by atoms with Gasteiger partial charge in [0, 0.05) is 36.3 Å². The fourth-order valence-electron chi connectivity index (χ4n) is 4.22. The van der Waals surface area contributed by atoms with Crippen molar-refractivity contribution < 1.29 is 31.8 Å². The van der Waals surface area contributed by atoms with E-state index in [1.807, 2.05) is 18.7 Å². The van der Waals surface area contributed by atoms with Crippen LogP contribution in [-0.4, -0.2) is 42.9 Å². The Balaban J connectivity index is 1.89. The monoisotopic (exact) mass is 418 g/mol. The Morgan fingerprint density at radius 2 is 1.93 bits per heavy atom. The second kappa shape index (κ2) is 8.01. The first-order valence-electron chi connectivity index (χ1n) is 9.81. The topological polar surface area (TPSA) is 50.8 Å². The number of hydrogen-bond acceptors (Lipinski definition) is 5. The highest BCUT2D eigenvalue weighted by molar-refractivity contribution is 5.76. The van der Waals surface area contributed by atoms with Gasteiger partial charge in [0.15, 0.2) is 11.6 Å². The van der Waals surface area contributed by atoms with E-state index in [2.05, 4.69) is 14.8 Å². The van der Waals surface area contributed by atoms with E-state index in [-0.39, 0.29) is 29.9 Å². The number of fused-ring (bicyclic) bond motifs is 1. The molecule has 0 spiro atoms. The largest absolute Gasteiger partial charge is 0.502 e. The predicted molar refractivity (Wildman–Crippen MR) is 99.2 cm³/mol. The molecule has 1 saturated heterocycles. The number of esters is 1. The van der Waals surface area contributed by atoms with Crippen molar-refractivity contribution in [3.8, 4) is 5.75 Å². The summed E-state index contributed by atoms with van der Waals surface area (Å²) in [5.41, 5.74) is -0.325. The average Bonchev–Trinajstić information content (AvgIpc) is 2.63. The van der Waals surface area contributed by atoms with E-state index in [0.29, 0.717) is 12.6 Å². The summed E-state index contributed by atoms with van der Waals surface area (Å²) in [5, 5.41) is 3.56.